The Labute approximate surface area is 175 Å². The Morgan fingerprint density at radius 3 is 2.72 bits per heavy atom. The maximum absolute atomic E-state index is 14.4. The monoisotopic (exact) mass is 456 g/mol. The number of anilines is 3. The standard InChI is InChI=1S/C20H18BrFN6O/c21-14-3-1-4-15(18(14)22)25-20-19-16(23-13-24-20)5-6-17(26-19)28-10-8-27(9-11-28)7-2-12-29/h1-7,12-13H,8-11H2,(H,23,24,25)/b7-2+. The molecule has 7 nitrogen and oxygen atoms in total. The molecule has 3 aromatic rings. The van der Waals surface area contributed by atoms with Crippen molar-refractivity contribution in [2.24, 2.45) is 0 Å². The lowest BCUT2D eigenvalue weighted by atomic mass is 10.2. The molecule has 1 saturated heterocycles. The zero-order valence-electron chi connectivity index (χ0n) is 15.4. The number of nitrogens with one attached hydrogen (secondary N) is 1. The topological polar surface area (TPSA) is 74.2 Å². The van der Waals surface area contributed by atoms with E-state index in [1.54, 1.807) is 24.4 Å². The summed E-state index contributed by atoms with van der Waals surface area (Å²) >= 11 is 3.20. The quantitative estimate of drug-likeness (QED) is 0.465. The molecule has 1 aliphatic heterocycles. The number of nitrogens with zero attached hydrogens (tertiary/aromatic N) is 5. The van der Waals surface area contributed by atoms with Gasteiger partial charge in [-0.15, -0.1) is 0 Å². The van der Waals surface area contributed by atoms with E-state index in [2.05, 4.69) is 41.0 Å². The van der Waals surface area contributed by atoms with Gasteiger partial charge >= 0.3 is 0 Å². The number of pyridine rings is 1. The number of aromatic nitrogens is 3. The number of carbonyl (C=O) groups is 1. The third-order valence-electron chi connectivity index (χ3n) is 4.69. The minimum absolute atomic E-state index is 0.308. The molecule has 0 spiro atoms. The molecule has 0 radical (unpaired) electrons. The average molecular weight is 457 g/mol. The highest BCUT2D eigenvalue weighted by atomic mass is 79.9. The number of aldehydes is 1. The molecule has 9 heteroatoms. The number of allylic oxidation sites excluding steroid dienone is 1. The van der Waals surface area contributed by atoms with Gasteiger partial charge in [-0.25, -0.2) is 19.3 Å². The maximum atomic E-state index is 14.4. The van der Waals surface area contributed by atoms with Crippen molar-refractivity contribution < 1.29 is 9.18 Å². The van der Waals surface area contributed by atoms with Crippen LogP contribution in [0.25, 0.3) is 11.0 Å². The van der Waals surface area contributed by atoms with Crippen molar-refractivity contribution in [2.75, 3.05) is 36.4 Å². The van der Waals surface area contributed by atoms with Crippen molar-refractivity contribution in [1.29, 1.82) is 0 Å². The highest BCUT2D eigenvalue weighted by molar-refractivity contribution is 9.10. The van der Waals surface area contributed by atoms with E-state index in [1.165, 1.54) is 12.4 Å². The second-order valence-corrected chi connectivity index (χ2v) is 7.34. The van der Waals surface area contributed by atoms with Crippen molar-refractivity contribution in [3.63, 3.8) is 0 Å². The summed E-state index contributed by atoms with van der Waals surface area (Å²) in [6, 6.07) is 8.84. The molecule has 2 aromatic heterocycles. The van der Waals surface area contributed by atoms with E-state index in [-0.39, 0.29) is 0 Å². The lowest BCUT2D eigenvalue weighted by Crippen LogP contribution is -2.44. The van der Waals surface area contributed by atoms with Gasteiger partial charge in [0.1, 0.15) is 23.9 Å². The van der Waals surface area contributed by atoms with Gasteiger partial charge in [0, 0.05) is 32.4 Å². The van der Waals surface area contributed by atoms with Crippen molar-refractivity contribution in [2.45, 2.75) is 0 Å². The Balaban J connectivity index is 1.60. The molecule has 0 atom stereocenters. The van der Waals surface area contributed by atoms with E-state index in [9.17, 15) is 9.18 Å². The molecule has 0 saturated carbocycles. The molecule has 1 aliphatic rings. The second-order valence-electron chi connectivity index (χ2n) is 6.49. The summed E-state index contributed by atoms with van der Waals surface area (Å²) in [5.74, 6) is 0.861. The number of halogens is 2. The van der Waals surface area contributed by atoms with Gasteiger partial charge in [-0.05, 0) is 46.3 Å². The van der Waals surface area contributed by atoms with Crippen LogP contribution in [0.3, 0.4) is 0 Å². The number of fused-ring (bicyclic) bond motifs is 1. The minimum Gasteiger partial charge on any atom is -0.374 e. The SMILES string of the molecule is O=C/C=C/N1CCN(c2ccc3ncnc(Nc4cccc(Br)c4F)c3n2)CC1. The highest BCUT2D eigenvalue weighted by Gasteiger charge is 2.17. The fourth-order valence-corrected chi connectivity index (χ4v) is 3.55. The molecule has 1 fully saturated rings. The van der Waals surface area contributed by atoms with Crippen LogP contribution in [-0.4, -0.2) is 52.3 Å². The van der Waals surface area contributed by atoms with Crippen LogP contribution in [-0.2, 0) is 4.79 Å². The summed E-state index contributed by atoms with van der Waals surface area (Å²) in [5.41, 5.74) is 1.56. The number of carbonyl (C=O) groups excluding carboxylic acids is 1. The van der Waals surface area contributed by atoms with Gasteiger partial charge in [-0.2, -0.15) is 0 Å². The van der Waals surface area contributed by atoms with Crippen molar-refractivity contribution in [3.05, 3.63) is 59.2 Å². The summed E-state index contributed by atoms with van der Waals surface area (Å²) in [7, 11) is 0. The molecule has 0 bridgehead atoms. The molecule has 1 N–H and O–H groups in total. The van der Waals surface area contributed by atoms with E-state index in [1.807, 2.05) is 12.1 Å². The van der Waals surface area contributed by atoms with Crippen LogP contribution in [0.1, 0.15) is 0 Å². The van der Waals surface area contributed by atoms with Gasteiger partial charge in [0.2, 0.25) is 0 Å². The van der Waals surface area contributed by atoms with Crippen LogP contribution in [0.2, 0.25) is 0 Å². The van der Waals surface area contributed by atoms with E-state index < -0.39 is 5.82 Å². The Kier molecular flexibility index (Phi) is 5.66. The molecule has 0 aliphatic carbocycles. The zero-order chi connectivity index (χ0) is 20.2. The van der Waals surface area contributed by atoms with Gasteiger partial charge in [-0.3, -0.25) is 4.79 Å². The lowest BCUT2D eigenvalue weighted by Gasteiger charge is -2.34. The highest BCUT2D eigenvalue weighted by Crippen LogP contribution is 2.28. The van der Waals surface area contributed by atoms with Gasteiger partial charge in [0.25, 0.3) is 0 Å². The third kappa shape index (κ3) is 4.19. The van der Waals surface area contributed by atoms with Crippen LogP contribution in [0.5, 0.6) is 0 Å². The number of rotatable bonds is 5. The molecule has 0 unspecified atom stereocenters. The molecule has 0 amide bonds. The maximum Gasteiger partial charge on any atom is 0.160 e. The van der Waals surface area contributed by atoms with Gasteiger partial charge in [-0.1, -0.05) is 6.07 Å². The first-order chi connectivity index (χ1) is 14.2. The predicted molar refractivity (Wildman–Crippen MR) is 114 cm³/mol. The second kappa shape index (κ2) is 8.52. The van der Waals surface area contributed by atoms with Crippen LogP contribution in [0, 0.1) is 5.82 Å². The number of hydrogen-bond donors (Lipinski definition) is 1. The molecular weight excluding hydrogens is 439 g/mol. The van der Waals surface area contributed by atoms with Crippen LogP contribution >= 0.6 is 15.9 Å². The van der Waals surface area contributed by atoms with Crippen molar-refractivity contribution in [1.82, 2.24) is 19.9 Å². The first kappa shape index (κ1) is 19.3. The van der Waals surface area contributed by atoms with Gasteiger partial charge in [0.05, 0.1) is 15.7 Å². The molecule has 148 valence electrons. The first-order valence-electron chi connectivity index (χ1n) is 9.09. The molecule has 3 heterocycles. The summed E-state index contributed by atoms with van der Waals surface area (Å²) in [4.78, 5) is 28.0. The van der Waals surface area contributed by atoms with Crippen molar-refractivity contribution in [3.8, 4) is 0 Å². The van der Waals surface area contributed by atoms with E-state index in [0.717, 1.165) is 38.3 Å². The molecule has 1 aromatic carbocycles. The van der Waals surface area contributed by atoms with Crippen LogP contribution in [0.4, 0.5) is 21.7 Å². The summed E-state index contributed by atoms with van der Waals surface area (Å²) in [6.07, 6.45) is 5.51. The van der Waals surface area contributed by atoms with E-state index in [4.69, 9.17) is 4.98 Å². The summed E-state index contributed by atoms with van der Waals surface area (Å²) in [5, 5.41) is 3.03. The number of piperazine rings is 1. The number of benzene rings is 1. The summed E-state index contributed by atoms with van der Waals surface area (Å²) in [6.45, 7) is 3.14. The predicted octanol–water partition coefficient (Wildman–Crippen LogP) is 3.50. The smallest absolute Gasteiger partial charge is 0.160 e. The van der Waals surface area contributed by atoms with Gasteiger partial charge in [0.15, 0.2) is 11.6 Å². The fraction of sp³-hybridized carbons (Fsp3) is 0.200. The first-order valence-corrected chi connectivity index (χ1v) is 9.89. The Morgan fingerprint density at radius 2 is 1.93 bits per heavy atom. The molecule has 29 heavy (non-hydrogen) atoms. The van der Waals surface area contributed by atoms with Crippen LogP contribution in [0.15, 0.2) is 53.4 Å². The lowest BCUT2D eigenvalue weighted by molar-refractivity contribution is -0.104. The largest absolute Gasteiger partial charge is 0.374 e. The minimum atomic E-state index is -0.394. The Hall–Kier alpha value is -3.07. The third-order valence-corrected chi connectivity index (χ3v) is 5.30. The fourth-order valence-electron chi connectivity index (χ4n) is 3.18. The average Bonchev–Trinajstić information content (AvgIpc) is 2.76. The normalized spacial score (nSPS) is 14.6. The summed E-state index contributed by atoms with van der Waals surface area (Å²) < 4.78 is 14.7. The Morgan fingerprint density at radius 1 is 1.10 bits per heavy atom. The van der Waals surface area contributed by atoms with Gasteiger partial charge < -0.3 is 15.1 Å². The number of hydrogen-bond acceptors (Lipinski definition) is 7. The van der Waals surface area contributed by atoms with Crippen molar-refractivity contribution >= 4 is 50.6 Å². The zero-order valence-corrected chi connectivity index (χ0v) is 17.0. The molecule has 4 rings (SSSR count). The van der Waals surface area contributed by atoms with E-state index in [0.29, 0.717) is 27.0 Å². The van der Waals surface area contributed by atoms with Crippen LogP contribution < -0.4 is 10.2 Å². The molecular formula is C20H18BrFN6O. The Bertz CT molecular complexity index is 1070. The van der Waals surface area contributed by atoms with E-state index >= 15 is 0 Å².